The van der Waals surface area contributed by atoms with Crippen molar-refractivity contribution in [2.75, 3.05) is 6.26 Å². The lowest BCUT2D eigenvalue weighted by molar-refractivity contribution is -0.114. The number of carbonyl (C=O) groups is 1. The second-order valence-electron chi connectivity index (χ2n) is 4.02. The van der Waals surface area contributed by atoms with Crippen LogP contribution in [0.1, 0.15) is 5.56 Å². The Labute approximate surface area is 124 Å². The highest BCUT2D eigenvalue weighted by atomic mass is 32.2. The van der Waals surface area contributed by atoms with Crippen molar-refractivity contribution in [2.45, 2.75) is 0 Å². The third-order valence-electron chi connectivity index (χ3n) is 2.79. The normalized spacial score (nSPS) is 20.1. The van der Waals surface area contributed by atoms with Crippen LogP contribution in [0.2, 0.25) is 0 Å². The molecule has 0 bridgehead atoms. The van der Waals surface area contributed by atoms with Crippen LogP contribution in [0, 0.1) is 5.41 Å². The average Bonchev–Trinajstić information content (AvgIpc) is 2.87. The summed E-state index contributed by atoms with van der Waals surface area (Å²) in [6, 6.07) is 9.45. The highest BCUT2D eigenvalue weighted by molar-refractivity contribution is 8.18. The molecule has 0 fully saturated rings. The first kappa shape index (κ1) is 13.1. The van der Waals surface area contributed by atoms with E-state index in [1.54, 1.807) is 11.0 Å². The Morgan fingerprint density at radius 3 is 2.80 bits per heavy atom. The molecule has 1 amide bonds. The summed E-state index contributed by atoms with van der Waals surface area (Å²) in [5, 5.41) is 9.36. The lowest BCUT2D eigenvalue weighted by Gasteiger charge is -2.23. The van der Waals surface area contributed by atoms with Gasteiger partial charge in [-0.15, -0.1) is 0 Å². The number of thioether (sulfide) groups is 1. The summed E-state index contributed by atoms with van der Waals surface area (Å²) in [6.45, 7) is 0. The van der Waals surface area contributed by atoms with Crippen molar-refractivity contribution in [3.05, 3.63) is 41.5 Å². The third kappa shape index (κ3) is 2.19. The Hall–Kier alpha value is -1.86. The van der Waals surface area contributed by atoms with Crippen molar-refractivity contribution >= 4 is 51.9 Å². The summed E-state index contributed by atoms with van der Waals surface area (Å²) in [7, 11) is 0. The van der Waals surface area contributed by atoms with E-state index in [-0.39, 0.29) is 11.4 Å². The molecule has 2 heterocycles. The smallest absolute Gasteiger partial charge is 0.283 e. The summed E-state index contributed by atoms with van der Waals surface area (Å²) in [6.07, 6.45) is 3.57. The Bertz CT molecular complexity index is 679. The van der Waals surface area contributed by atoms with E-state index in [0.29, 0.717) is 10.3 Å². The van der Waals surface area contributed by atoms with Gasteiger partial charge in [0.15, 0.2) is 5.17 Å². The Morgan fingerprint density at radius 2 is 2.10 bits per heavy atom. The van der Waals surface area contributed by atoms with Gasteiger partial charge >= 0.3 is 0 Å². The van der Waals surface area contributed by atoms with Gasteiger partial charge in [0, 0.05) is 0 Å². The lowest BCUT2D eigenvalue weighted by atomic mass is 10.1. The van der Waals surface area contributed by atoms with Crippen LogP contribution in [0.25, 0.3) is 6.08 Å². The highest BCUT2D eigenvalue weighted by Crippen LogP contribution is 2.30. The standard InChI is InChI=1S/C13H10N4OS2/c1-19-13-16-20-12-15-11(18)9(10(14)17(12)13)7-8-5-3-2-4-6-8/h2-7,14H,1H3/b9-7-,14-10?. The number of hydrogen-bond donors (Lipinski definition) is 1. The molecule has 2 aliphatic rings. The molecular formula is C13H10N4OS2. The average molecular weight is 302 g/mol. The van der Waals surface area contributed by atoms with Gasteiger partial charge in [0.1, 0.15) is 5.84 Å². The molecule has 0 unspecified atom stereocenters. The number of hydrogen-bond acceptors (Lipinski definition) is 5. The number of nitrogens with zero attached hydrogens (tertiary/aromatic N) is 3. The van der Waals surface area contributed by atoms with Crippen LogP contribution in [-0.2, 0) is 4.79 Å². The quantitative estimate of drug-likeness (QED) is 0.639. The molecule has 0 atom stereocenters. The minimum absolute atomic E-state index is 0.127. The van der Waals surface area contributed by atoms with Gasteiger partial charge in [-0.2, -0.15) is 9.39 Å². The maximum Gasteiger partial charge on any atom is 0.283 e. The molecule has 3 rings (SSSR count). The Morgan fingerprint density at radius 1 is 1.35 bits per heavy atom. The van der Waals surface area contributed by atoms with E-state index in [1.807, 2.05) is 36.6 Å². The van der Waals surface area contributed by atoms with Crippen LogP contribution in [0.15, 0.2) is 45.3 Å². The minimum Gasteiger partial charge on any atom is -0.283 e. The van der Waals surface area contributed by atoms with Crippen LogP contribution in [0.4, 0.5) is 0 Å². The first-order chi connectivity index (χ1) is 9.70. The summed E-state index contributed by atoms with van der Waals surface area (Å²) >= 11 is 2.56. The predicted molar refractivity (Wildman–Crippen MR) is 85.0 cm³/mol. The van der Waals surface area contributed by atoms with Gasteiger partial charge < -0.3 is 0 Å². The van der Waals surface area contributed by atoms with Gasteiger partial charge in [0.2, 0.25) is 5.17 Å². The maximum absolute atomic E-state index is 12.1. The maximum atomic E-state index is 12.1. The summed E-state index contributed by atoms with van der Waals surface area (Å²) in [5.41, 5.74) is 1.15. The number of fused-ring (bicyclic) bond motifs is 1. The fourth-order valence-electron chi connectivity index (χ4n) is 1.85. The summed E-state index contributed by atoms with van der Waals surface area (Å²) in [5.74, 6) is -0.267. The molecule has 0 aliphatic carbocycles. The molecule has 100 valence electrons. The van der Waals surface area contributed by atoms with Crippen LogP contribution < -0.4 is 0 Å². The van der Waals surface area contributed by atoms with E-state index >= 15 is 0 Å². The number of amides is 1. The highest BCUT2D eigenvalue weighted by Gasteiger charge is 2.36. The van der Waals surface area contributed by atoms with Crippen LogP contribution in [0.3, 0.4) is 0 Å². The van der Waals surface area contributed by atoms with E-state index in [4.69, 9.17) is 5.41 Å². The van der Waals surface area contributed by atoms with Gasteiger partial charge in [-0.3, -0.25) is 10.2 Å². The van der Waals surface area contributed by atoms with Crippen molar-refractivity contribution < 1.29 is 4.79 Å². The van der Waals surface area contributed by atoms with Gasteiger partial charge in [0.25, 0.3) is 5.91 Å². The molecule has 1 aromatic carbocycles. The zero-order valence-electron chi connectivity index (χ0n) is 10.5. The second kappa shape index (κ2) is 5.26. The van der Waals surface area contributed by atoms with E-state index in [1.165, 1.54) is 11.8 Å². The zero-order valence-corrected chi connectivity index (χ0v) is 12.2. The molecule has 2 aliphatic heterocycles. The molecule has 0 saturated carbocycles. The molecule has 5 nitrogen and oxygen atoms in total. The number of amidine groups is 3. The van der Waals surface area contributed by atoms with Gasteiger partial charge in [0.05, 0.1) is 17.5 Å². The number of aliphatic imine (C=N–C) groups is 1. The first-order valence-electron chi connectivity index (χ1n) is 5.78. The van der Waals surface area contributed by atoms with Crippen LogP contribution in [-0.4, -0.2) is 33.2 Å². The molecule has 0 spiro atoms. The second-order valence-corrected chi connectivity index (χ2v) is 5.53. The van der Waals surface area contributed by atoms with E-state index in [9.17, 15) is 4.79 Å². The number of benzene rings is 1. The molecule has 7 heteroatoms. The van der Waals surface area contributed by atoms with E-state index in [0.717, 1.165) is 17.5 Å². The molecule has 0 aromatic heterocycles. The van der Waals surface area contributed by atoms with E-state index in [2.05, 4.69) is 9.39 Å². The lowest BCUT2D eigenvalue weighted by Crippen LogP contribution is -2.41. The largest absolute Gasteiger partial charge is 0.283 e. The first-order valence-corrected chi connectivity index (χ1v) is 7.78. The summed E-state index contributed by atoms with van der Waals surface area (Å²) in [4.78, 5) is 17.7. The molecular weight excluding hydrogens is 292 g/mol. The van der Waals surface area contributed by atoms with Crippen molar-refractivity contribution in [1.82, 2.24) is 4.90 Å². The third-order valence-corrected chi connectivity index (χ3v) is 4.24. The molecule has 20 heavy (non-hydrogen) atoms. The monoisotopic (exact) mass is 302 g/mol. The van der Waals surface area contributed by atoms with Crippen molar-refractivity contribution in [3.8, 4) is 0 Å². The molecule has 1 aromatic rings. The molecule has 0 radical (unpaired) electrons. The number of rotatable bonds is 1. The van der Waals surface area contributed by atoms with Crippen molar-refractivity contribution in [3.63, 3.8) is 0 Å². The molecule has 0 saturated heterocycles. The predicted octanol–water partition coefficient (Wildman–Crippen LogP) is 2.63. The van der Waals surface area contributed by atoms with Gasteiger partial charge in [-0.25, -0.2) is 4.90 Å². The zero-order chi connectivity index (χ0) is 14.1. The van der Waals surface area contributed by atoms with Gasteiger partial charge in [-0.1, -0.05) is 42.1 Å². The van der Waals surface area contributed by atoms with Crippen LogP contribution >= 0.6 is 23.7 Å². The fraction of sp³-hybridized carbons (Fsp3) is 0.0769. The molecule has 1 N–H and O–H groups in total. The summed E-state index contributed by atoms with van der Waals surface area (Å²) < 4.78 is 4.20. The topological polar surface area (TPSA) is 68.9 Å². The van der Waals surface area contributed by atoms with Crippen molar-refractivity contribution in [1.29, 1.82) is 5.41 Å². The SMILES string of the molecule is CSC1=NSC2=NC(=O)/C(=C\c3ccccc3)C(=N)N12. The van der Waals surface area contributed by atoms with Crippen LogP contribution in [0.5, 0.6) is 0 Å². The van der Waals surface area contributed by atoms with Gasteiger partial charge in [-0.05, 0) is 17.9 Å². The Balaban J connectivity index is 2.02. The number of carbonyl (C=O) groups excluding carboxylic acids is 1. The van der Waals surface area contributed by atoms with Crippen molar-refractivity contribution in [2.24, 2.45) is 9.39 Å². The minimum atomic E-state index is -0.393. The van der Waals surface area contributed by atoms with E-state index < -0.39 is 5.91 Å². The number of nitrogens with one attached hydrogen (secondary N) is 1. The fourth-order valence-corrected chi connectivity index (χ4v) is 3.30. The Kier molecular flexibility index (Phi) is 3.45.